The number of amides is 3. The molecule has 1 aromatic carbocycles. The molecule has 0 heterocycles. The normalized spacial score (nSPS) is 12.2. The first-order valence-electron chi connectivity index (χ1n) is 8.80. The van der Waals surface area contributed by atoms with Gasteiger partial charge in [-0.05, 0) is 18.4 Å². The number of carbonyl (C=O) groups is 3. The Morgan fingerprint density at radius 3 is 2.57 bits per heavy atom. The Morgan fingerprint density at radius 1 is 1.32 bits per heavy atom. The molecule has 0 aliphatic heterocycles. The molecule has 0 radical (unpaired) electrons. The summed E-state index contributed by atoms with van der Waals surface area (Å²) in [6, 6.07) is 5.71. The minimum atomic E-state index is -0.490. The summed E-state index contributed by atoms with van der Waals surface area (Å²) < 4.78 is 0. The average Bonchev–Trinajstić information content (AvgIpc) is 2.67. The number of nitrogens with one attached hydrogen (secondary N) is 2. The van der Waals surface area contributed by atoms with Gasteiger partial charge in [0.2, 0.25) is 18.2 Å². The van der Waals surface area contributed by atoms with E-state index in [0.29, 0.717) is 17.5 Å². The lowest BCUT2D eigenvalue weighted by Gasteiger charge is -2.29. The van der Waals surface area contributed by atoms with E-state index in [0.717, 1.165) is 0 Å². The van der Waals surface area contributed by atoms with Gasteiger partial charge in [0, 0.05) is 31.3 Å². The molecule has 3 amide bonds. The number of likely N-dealkylation sites (N-methyl/N-ethyl adjacent to an activating group) is 1. The first-order chi connectivity index (χ1) is 13.2. The number of hydrogen-bond acceptors (Lipinski definition) is 5. The highest BCUT2D eigenvalue weighted by molar-refractivity contribution is 5.93. The third-order valence-electron chi connectivity index (χ3n) is 4.21. The van der Waals surface area contributed by atoms with Crippen LogP contribution in [0.1, 0.15) is 26.3 Å². The van der Waals surface area contributed by atoms with Gasteiger partial charge >= 0.3 is 0 Å². The van der Waals surface area contributed by atoms with Crippen LogP contribution in [0.25, 0.3) is 0 Å². The van der Waals surface area contributed by atoms with Gasteiger partial charge in [-0.3, -0.25) is 24.5 Å². The Morgan fingerprint density at radius 2 is 2.00 bits per heavy atom. The highest BCUT2D eigenvalue weighted by Crippen LogP contribution is 2.15. The molecule has 152 valence electrons. The maximum Gasteiger partial charge on any atom is 0.269 e. The molecule has 0 saturated heterocycles. The molecule has 0 fully saturated rings. The monoisotopic (exact) mass is 390 g/mol. The van der Waals surface area contributed by atoms with Crippen LogP contribution in [0, 0.1) is 16.0 Å². The molecule has 0 aromatic heterocycles. The van der Waals surface area contributed by atoms with E-state index in [9.17, 15) is 24.5 Å². The minimum absolute atomic E-state index is 0.0389. The van der Waals surface area contributed by atoms with E-state index in [2.05, 4.69) is 10.6 Å². The van der Waals surface area contributed by atoms with Gasteiger partial charge in [-0.25, -0.2) is 0 Å². The summed E-state index contributed by atoms with van der Waals surface area (Å²) >= 11 is 0. The van der Waals surface area contributed by atoms with E-state index in [1.165, 1.54) is 17.0 Å². The summed E-state index contributed by atoms with van der Waals surface area (Å²) in [5.74, 6) is -0.555. The molecule has 1 atom stereocenters. The van der Waals surface area contributed by atoms with E-state index in [-0.39, 0.29) is 42.6 Å². The molecular weight excluding hydrogens is 364 g/mol. The summed E-state index contributed by atoms with van der Waals surface area (Å²) in [4.78, 5) is 46.7. The lowest BCUT2D eigenvalue weighted by atomic mass is 9.99. The van der Waals surface area contributed by atoms with Crippen LogP contribution in [0.4, 0.5) is 5.69 Å². The SMILES string of the molecule is CC(=C[C@H](C(C)C)N(C)C(=O)CNC=O)C(=O)NCc1cccc([N+](=O)[O-])c1. The van der Waals surface area contributed by atoms with E-state index in [4.69, 9.17) is 0 Å². The number of nitrogens with zero attached hydrogens (tertiary/aromatic N) is 2. The van der Waals surface area contributed by atoms with Gasteiger partial charge in [0.1, 0.15) is 0 Å². The van der Waals surface area contributed by atoms with Crippen molar-refractivity contribution in [1.29, 1.82) is 0 Å². The fourth-order valence-corrected chi connectivity index (χ4v) is 2.60. The van der Waals surface area contributed by atoms with Crippen LogP contribution >= 0.6 is 0 Å². The summed E-state index contributed by atoms with van der Waals surface area (Å²) in [7, 11) is 1.62. The summed E-state index contributed by atoms with van der Waals surface area (Å²) in [5.41, 5.74) is 0.998. The van der Waals surface area contributed by atoms with Crippen LogP contribution in [0.15, 0.2) is 35.9 Å². The van der Waals surface area contributed by atoms with Crippen LogP contribution in [0.5, 0.6) is 0 Å². The number of hydrogen-bond donors (Lipinski definition) is 2. The molecule has 0 spiro atoms. The molecule has 28 heavy (non-hydrogen) atoms. The molecule has 0 unspecified atom stereocenters. The molecule has 9 heteroatoms. The van der Waals surface area contributed by atoms with E-state index in [1.807, 2.05) is 13.8 Å². The van der Waals surface area contributed by atoms with Gasteiger partial charge in [0.05, 0.1) is 17.5 Å². The summed E-state index contributed by atoms with van der Waals surface area (Å²) in [6.07, 6.45) is 2.16. The molecule has 1 rings (SSSR count). The second-order valence-electron chi connectivity index (χ2n) is 6.70. The van der Waals surface area contributed by atoms with E-state index < -0.39 is 4.92 Å². The number of rotatable bonds is 10. The zero-order chi connectivity index (χ0) is 21.3. The van der Waals surface area contributed by atoms with Crippen LogP contribution in [-0.2, 0) is 20.9 Å². The van der Waals surface area contributed by atoms with Crippen molar-refractivity contribution in [3.63, 3.8) is 0 Å². The molecule has 0 saturated carbocycles. The van der Waals surface area contributed by atoms with Gasteiger partial charge < -0.3 is 15.5 Å². The Labute approximate surface area is 163 Å². The second-order valence-corrected chi connectivity index (χ2v) is 6.70. The lowest BCUT2D eigenvalue weighted by Crippen LogP contribution is -2.43. The highest BCUT2D eigenvalue weighted by Gasteiger charge is 2.22. The van der Waals surface area contributed by atoms with Crippen LogP contribution < -0.4 is 10.6 Å². The smallest absolute Gasteiger partial charge is 0.269 e. The second kappa shape index (κ2) is 10.8. The van der Waals surface area contributed by atoms with Crippen LogP contribution in [-0.4, -0.2) is 47.7 Å². The third kappa shape index (κ3) is 6.82. The zero-order valence-electron chi connectivity index (χ0n) is 16.5. The van der Waals surface area contributed by atoms with Crippen molar-refractivity contribution in [3.05, 3.63) is 51.6 Å². The lowest BCUT2D eigenvalue weighted by molar-refractivity contribution is -0.384. The van der Waals surface area contributed by atoms with E-state index in [1.54, 1.807) is 32.2 Å². The number of benzene rings is 1. The molecule has 2 N–H and O–H groups in total. The molecule has 0 aliphatic carbocycles. The van der Waals surface area contributed by atoms with Gasteiger partial charge in [-0.2, -0.15) is 0 Å². The first-order valence-corrected chi connectivity index (χ1v) is 8.80. The van der Waals surface area contributed by atoms with Crippen molar-refractivity contribution in [3.8, 4) is 0 Å². The first kappa shape index (κ1) is 22.8. The molecule has 0 aliphatic rings. The zero-order valence-corrected chi connectivity index (χ0v) is 16.5. The van der Waals surface area contributed by atoms with Crippen molar-refractivity contribution in [1.82, 2.24) is 15.5 Å². The van der Waals surface area contributed by atoms with Gasteiger partial charge in [0.15, 0.2) is 0 Å². The molecule has 9 nitrogen and oxygen atoms in total. The van der Waals surface area contributed by atoms with Crippen LogP contribution in [0.3, 0.4) is 0 Å². The third-order valence-corrected chi connectivity index (χ3v) is 4.21. The average molecular weight is 390 g/mol. The molecule has 1 aromatic rings. The summed E-state index contributed by atoms with van der Waals surface area (Å²) in [6.45, 7) is 5.52. The predicted molar refractivity (Wildman–Crippen MR) is 104 cm³/mol. The Hall–Kier alpha value is -3.23. The molecular formula is C19H26N4O5. The topological polar surface area (TPSA) is 122 Å². The van der Waals surface area contributed by atoms with Crippen LogP contribution in [0.2, 0.25) is 0 Å². The van der Waals surface area contributed by atoms with Gasteiger partial charge in [0.25, 0.3) is 5.69 Å². The largest absolute Gasteiger partial charge is 0.350 e. The summed E-state index contributed by atoms with van der Waals surface area (Å²) in [5, 5.41) is 15.9. The van der Waals surface area contributed by atoms with Crippen molar-refractivity contribution in [2.75, 3.05) is 13.6 Å². The molecule has 0 bridgehead atoms. The number of nitro benzene ring substituents is 1. The van der Waals surface area contributed by atoms with E-state index >= 15 is 0 Å². The Balaban J connectivity index is 2.81. The Kier molecular flexibility index (Phi) is 8.80. The number of nitro groups is 1. The minimum Gasteiger partial charge on any atom is -0.350 e. The highest BCUT2D eigenvalue weighted by atomic mass is 16.6. The van der Waals surface area contributed by atoms with Gasteiger partial charge in [-0.15, -0.1) is 0 Å². The van der Waals surface area contributed by atoms with Crippen molar-refractivity contribution < 1.29 is 19.3 Å². The fourth-order valence-electron chi connectivity index (χ4n) is 2.60. The quantitative estimate of drug-likeness (QED) is 0.271. The van der Waals surface area contributed by atoms with Crippen molar-refractivity contribution in [2.45, 2.75) is 33.4 Å². The predicted octanol–water partition coefficient (Wildman–Crippen LogP) is 1.39. The van der Waals surface area contributed by atoms with Crippen molar-refractivity contribution in [2.24, 2.45) is 5.92 Å². The maximum atomic E-state index is 12.4. The fraction of sp³-hybridized carbons (Fsp3) is 0.421. The van der Waals surface area contributed by atoms with Gasteiger partial charge in [-0.1, -0.05) is 32.1 Å². The number of carbonyl (C=O) groups excluding carboxylic acids is 3. The standard InChI is InChI=1S/C19H26N4O5/c1-13(2)17(22(4)18(25)11-20-12-24)8-14(3)19(26)21-10-15-6-5-7-16(9-15)23(27)28/h5-9,12-13,17H,10-11H2,1-4H3,(H,20,24)(H,21,26)/t17-/m1/s1. The van der Waals surface area contributed by atoms with Crippen molar-refractivity contribution >= 4 is 23.9 Å². The number of non-ortho nitro benzene ring substituents is 1. The Bertz CT molecular complexity index is 760. The maximum absolute atomic E-state index is 12.4.